The zero-order valence-electron chi connectivity index (χ0n) is 11.8. The van der Waals surface area contributed by atoms with Crippen LogP contribution in [0.1, 0.15) is 37.7 Å². The lowest BCUT2D eigenvalue weighted by molar-refractivity contribution is 0.146. The van der Waals surface area contributed by atoms with Gasteiger partial charge >= 0.3 is 0 Å². The summed E-state index contributed by atoms with van der Waals surface area (Å²) in [5.41, 5.74) is 7.85. The third-order valence-electron chi connectivity index (χ3n) is 4.70. The van der Waals surface area contributed by atoms with Crippen LogP contribution in [0.25, 0.3) is 0 Å². The van der Waals surface area contributed by atoms with Crippen molar-refractivity contribution in [2.24, 2.45) is 17.6 Å². The Morgan fingerprint density at radius 1 is 1.16 bits per heavy atom. The van der Waals surface area contributed by atoms with Crippen molar-refractivity contribution in [1.82, 2.24) is 4.90 Å². The Kier molecular flexibility index (Phi) is 4.19. The van der Waals surface area contributed by atoms with Gasteiger partial charge in [0.15, 0.2) is 0 Å². The van der Waals surface area contributed by atoms with Crippen LogP contribution in [0.15, 0.2) is 30.3 Å². The number of nitrogens with two attached hydrogens (primary N) is 1. The van der Waals surface area contributed by atoms with Gasteiger partial charge in [-0.2, -0.15) is 0 Å². The monoisotopic (exact) mass is 258 g/mol. The quantitative estimate of drug-likeness (QED) is 0.879. The summed E-state index contributed by atoms with van der Waals surface area (Å²) < 4.78 is 0. The van der Waals surface area contributed by atoms with Crippen molar-refractivity contribution >= 4 is 0 Å². The van der Waals surface area contributed by atoms with Gasteiger partial charge in [-0.1, -0.05) is 43.2 Å². The maximum atomic E-state index is 6.42. The van der Waals surface area contributed by atoms with Crippen molar-refractivity contribution < 1.29 is 0 Å². The molecule has 2 unspecified atom stereocenters. The van der Waals surface area contributed by atoms with E-state index < -0.39 is 0 Å². The Bertz CT molecular complexity index is 386. The molecule has 1 heterocycles. The van der Waals surface area contributed by atoms with E-state index in [1.165, 1.54) is 50.8 Å². The molecule has 3 rings (SSSR count). The van der Waals surface area contributed by atoms with Crippen molar-refractivity contribution in [2.75, 3.05) is 13.1 Å². The SMILES string of the molecule is NC(CC1CC1)C1CCCN(Cc2ccccc2)C1. The molecule has 1 aromatic carbocycles. The van der Waals surface area contributed by atoms with E-state index in [0.717, 1.165) is 18.4 Å². The van der Waals surface area contributed by atoms with Crippen LogP contribution < -0.4 is 5.73 Å². The average Bonchev–Trinajstić information content (AvgIpc) is 3.24. The van der Waals surface area contributed by atoms with Crippen LogP contribution in [0.3, 0.4) is 0 Å². The molecule has 0 aromatic heterocycles. The molecule has 0 radical (unpaired) electrons. The second-order valence-electron chi connectivity index (χ2n) is 6.47. The van der Waals surface area contributed by atoms with Gasteiger partial charge < -0.3 is 5.73 Å². The normalized spacial score (nSPS) is 26.3. The van der Waals surface area contributed by atoms with E-state index >= 15 is 0 Å². The Hall–Kier alpha value is -0.860. The summed E-state index contributed by atoms with van der Waals surface area (Å²) >= 11 is 0. The van der Waals surface area contributed by atoms with Gasteiger partial charge in [-0.15, -0.1) is 0 Å². The Balaban J connectivity index is 1.52. The molecule has 0 amide bonds. The maximum absolute atomic E-state index is 6.42. The van der Waals surface area contributed by atoms with Gasteiger partial charge in [0.2, 0.25) is 0 Å². The van der Waals surface area contributed by atoms with Crippen molar-refractivity contribution in [2.45, 2.75) is 44.7 Å². The van der Waals surface area contributed by atoms with E-state index in [-0.39, 0.29) is 0 Å². The van der Waals surface area contributed by atoms with Gasteiger partial charge in [-0.25, -0.2) is 0 Å². The zero-order valence-corrected chi connectivity index (χ0v) is 11.8. The minimum atomic E-state index is 0.436. The molecule has 1 saturated carbocycles. The molecule has 2 fully saturated rings. The molecular weight excluding hydrogens is 232 g/mol. The van der Waals surface area contributed by atoms with Crippen LogP contribution in [0.5, 0.6) is 0 Å². The third-order valence-corrected chi connectivity index (χ3v) is 4.70. The summed E-state index contributed by atoms with van der Waals surface area (Å²) in [6.07, 6.45) is 6.77. The topological polar surface area (TPSA) is 29.3 Å². The van der Waals surface area contributed by atoms with Crippen LogP contribution in [-0.4, -0.2) is 24.0 Å². The first kappa shape index (κ1) is 13.1. The summed E-state index contributed by atoms with van der Waals surface area (Å²) in [7, 11) is 0. The van der Waals surface area contributed by atoms with E-state index in [9.17, 15) is 0 Å². The minimum absolute atomic E-state index is 0.436. The first-order valence-corrected chi connectivity index (χ1v) is 7.83. The summed E-state index contributed by atoms with van der Waals surface area (Å²) in [4.78, 5) is 2.59. The molecule has 104 valence electrons. The van der Waals surface area contributed by atoms with Crippen LogP contribution in [-0.2, 0) is 6.54 Å². The number of hydrogen-bond donors (Lipinski definition) is 1. The van der Waals surface area contributed by atoms with Gasteiger partial charge in [0.25, 0.3) is 0 Å². The first-order chi connectivity index (χ1) is 9.31. The number of nitrogens with zero attached hydrogens (tertiary/aromatic N) is 1. The fourth-order valence-corrected chi connectivity index (χ4v) is 3.36. The maximum Gasteiger partial charge on any atom is 0.0233 e. The van der Waals surface area contributed by atoms with Gasteiger partial charge in [-0.05, 0) is 43.2 Å². The first-order valence-electron chi connectivity index (χ1n) is 7.83. The largest absolute Gasteiger partial charge is 0.327 e. The fraction of sp³-hybridized carbons (Fsp3) is 0.647. The minimum Gasteiger partial charge on any atom is -0.327 e. The van der Waals surface area contributed by atoms with Crippen LogP contribution in [0.2, 0.25) is 0 Å². The molecule has 1 aliphatic heterocycles. The lowest BCUT2D eigenvalue weighted by atomic mass is 9.88. The van der Waals surface area contributed by atoms with Crippen LogP contribution in [0.4, 0.5) is 0 Å². The number of likely N-dealkylation sites (tertiary alicyclic amines) is 1. The van der Waals surface area contributed by atoms with Gasteiger partial charge in [-0.3, -0.25) is 4.90 Å². The van der Waals surface area contributed by atoms with E-state index in [0.29, 0.717) is 6.04 Å². The van der Waals surface area contributed by atoms with Crippen molar-refractivity contribution in [3.8, 4) is 0 Å². The predicted octanol–water partition coefficient (Wildman–Crippen LogP) is 3.03. The van der Waals surface area contributed by atoms with E-state index in [4.69, 9.17) is 5.73 Å². The molecule has 0 bridgehead atoms. The van der Waals surface area contributed by atoms with E-state index in [2.05, 4.69) is 35.2 Å². The molecule has 1 aliphatic carbocycles. The second kappa shape index (κ2) is 6.06. The van der Waals surface area contributed by atoms with E-state index in [1.807, 2.05) is 0 Å². The van der Waals surface area contributed by atoms with E-state index in [1.54, 1.807) is 0 Å². The number of rotatable bonds is 5. The van der Waals surface area contributed by atoms with Crippen molar-refractivity contribution in [3.05, 3.63) is 35.9 Å². The summed E-state index contributed by atoms with van der Waals surface area (Å²) in [6, 6.07) is 11.3. The Labute approximate surface area is 117 Å². The number of hydrogen-bond acceptors (Lipinski definition) is 2. The molecule has 2 atom stereocenters. The highest BCUT2D eigenvalue weighted by molar-refractivity contribution is 5.14. The third kappa shape index (κ3) is 3.80. The Morgan fingerprint density at radius 2 is 1.95 bits per heavy atom. The van der Waals surface area contributed by atoms with Gasteiger partial charge in [0, 0.05) is 19.1 Å². The lowest BCUT2D eigenvalue weighted by Crippen LogP contribution is -2.43. The highest BCUT2D eigenvalue weighted by atomic mass is 15.1. The number of benzene rings is 1. The van der Waals surface area contributed by atoms with Crippen molar-refractivity contribution in [3.63, 3.8) is 0 Å². The van der Waals surface area contributed by atoms with Crippen LogP contribution in [0, 0.1) is 11.8 Å². The summed E-state index contributed by atoms with van der Waals surface area (Å²) in [6.45, 7) is 3.53. The van der Waals surface area contributed by atoms with Crippen LogP contribution >= 0.6 is 0 Å². The molecule has 2 nitrogen and oxygen atoms in total. The lowest BCUT2D eigenvalue weighted by Gasteiger charge is -2.35. The summed E-state index contributed by atoms with van der Waals surface area (Å²) in [5, 5.41) is 0. The average molecular weight is 258 g/mol. The molecule has 1 aromatic rings. The van der Waals surface area contributed by atoms with Crippen molar-refractivity contribution in [1.29, 1.82) is 0 Å². The molecule has 0 spiro atoms. The molecule has 19 heavy (non-hydrogen) atoms. The molecule has 2 heteroatoms. The molecular formula is C17H26N2. The summed E-state index contributed by atoms with van der Waals surface area (Å²) in [5.74, 6) is 1.68. The van der Waals surface area contributed by atoms with Gasteiger partial charge in [0.05, 0.1) is 0 Å². The predicted molar refractivity (Wildman–Crippen MR) is 79.8 cm³/mol. The molecule has 1 saturated heterocycles. The smallest absolute Gasteiger partial charge is 0.0233 e. The highest BCUT2D eigenvalue weighted by Crippen LogP contribution is 2.35. The number of piperidine rings is 1. The molecule has 2 N–H and O–H groups in total. The standard InChI is InChI=1S/C17H26N2/c18-17(11-14-8-9-14)16-7-4-10-19(13-16)12-15-5-2-1-3-6-15/h1-3,5-6,14,16-17H,4,7-13,18H2. The zero-order chi connectivity index (χ0) is 13.1. The fourth-order valence-electron chi connectivity index (χ4n) is 3.36. The highest BCUT2D eigenvalue weighted by Gasteiger charge is 2.30. The molecule has 2 aliphatic rings. The second-order valence-corrected chi connectivity index (χ2v) is 6.47. The van der Waals surface area contributed by atoms with Gasteiger partial charge in [0.1, 0.15) is 0 Å². The Morgan fingerprint density at radius 3 is 2.68 bits per heavy atom.